The van der Waals surface area contributed by atoms with E-state index in [1.165, 1.54) is 12.8 Å². The molecule has 3 heterocycles. The number of nitrogens with one attached hydrogen (secondary N) is 1. The molecule has 17 heavy (non-hydrogen) atoms. The maximum Gasteiger partial charge on any atom is 0.228 e. The summed E-state index contributed by atoms with van der Waals surface area (Å²) in [6.07, 6.45) is 5.37. The van der Waals surface area contributed by atoms with Crippen LogP contribution in [0.25, 0.3) is 0 Å². The molecule has 0 aromatic carbocycles. The van der Waals surface area contributed by atoms with Crippen molar-refractivity contribution in [3.05, 3.63) is 11.7 Å². The highest BCUT2D eigenvalue weighted by Gasteiger charge is 2.23. The lowest BCUT2D eigenvalue weighted by atomic mass is 10.00. The zero-order valence-electron chi connectivity index (χ0n) is 10.0. The Morgan fingerprint density at radius 1 is 1.24 bits per heavy atom. The van der Waals surface area contributed by atoms with Crippen molar-refractivity contribution >= 4 is 0 Å². The van der Waals surface area contributed by atoms with Gasteiger partial charge in [0.1, 0.15) is 0 Å². The topological polar surface area (TPSA) is 60.2 Å². The third-order valence-electron chi connectivity index (χ3n) is 3.65. The van der Waals surface area contributed by atoms with Gasteiger partial charge in [-0.15, -0.1) is 0 Å². The molecule has 1 aromatic heterocycles. The number of rotatable bonds is 3. The molecule has 1 atom stereocenters. The number of ether oxygens (including phenoxy) is 1. The van der Waals surface area contributed by atoms with Gasteiger partial charge in [0.15, 0.2) is 5.82 Å². The number of hydrogen-bond donors (Lipinski definition) is 1. The minimum atomic E-state index is 0.429. The Morgan fingerprint density at radius 3 is 2.88 bits per heavy atom. The molecule has 2 fully saturated rings. The van der Waals surface area contributed by atoms with Gasteiger partial charge in [0.25, 0.3) is 0 Å². The van der Waals surface area contributed by atoms with Crippen LogP contribution in [0.15, 0.2) is 4.52 Å². The van der Waals surface area contributed by atoms with Gasteiger partial charge in [-0.3, -0.25) is 0 Å². The van der Waals surface area contributed by atoms with Crippen molar-refractivity contribution in [2.75, 3.05) is 19.8 Å². The fourth-order valence-corrected chi connectivity index (χ4v) is 2.61. The molecule has 2 aliphatic heterocycles. The molecule has 0 amide bonds. The summed E-state index contributed by atoms with van der Waals surface area (Å²) in [6, 6.07) is 0.526. The highest BCUT2D eigenvalue weighted by atomic mass is 16.5. The van der Waals surface area contributed by atoms with E-state index >= 15 is 0 Å². The Kier molecular flexibility index (Phi) is 3.38. The lowest BCUT2D eigenvalue weighted by molar-refractivity contribution is 0.0830. The Morgan fingerprint density at radius 2 is 2.12 bits per heavy atom. The van der Waals surface area contributed by atoms with Crippen molar-refractivity contribution in [2.24, 2.45) is 0 Å². The molecule has 1 unspecified atom stereocenters. The molecular formula is C12H19N3O2. The largest absolute Gasteiger partial charge is 0.381 e. The Hall–Kier alpha value is -0.940. The van der Waals surface area contributed by atoms with Gasteiger partial charge >= 0.3 is 0 Å². The van der Waals surface area contributed by atoms with Crippen LogP contribution in [0.4, 0.5) is 0 Å². The Labute approximate surface area is 101 Å². The smallest absolute Gasteiger partial charge is 0.228 e. The summed E-state index contributed by atoms with van der Waals surface area (Å²) >= 11 is 0. The molecule has 2 aliphatic rings. The van der Waals surface area contributed by atoms with E-state index in [-0.39, 0.29) is 0 Å². The van der Waals surface area contributed by atoms with Crippen molar-refractivity contribution in [1.82, 2.24) is 15.5 Å². The lowest BCUT2D eigenvalue weighted by Gasteiger charge is -2.18. The summed E-state index contributed by atoms with van der Waals surface area (Å²) in [5, 5.41) is 7.56. The lowest BCUT2D eigenvalue weighted by Crippen LogP contribution is -2.23. The first-order valence-corrected chi connectivity index (χ1v) is 6.55. The molecule has 0 spiro atoms. The molecule has 1 aromatic rings. The predicted octanol–water partition coefficient (Wildman–Crippen LogP) is 1.26. The molecule has 5 heteroatoms. The van der Waals surface area contributed by atoms with E-state index in [0.717, 1.165) is 50.7 Å². The molecule has 0 saturated carbocycles. The van der Waals surface area contributed by atoms with Crippen LogP contribution in [-0.2, 0) is 11.2 Å². The second kappa shape index (κ2) is 5.14. The summed E-state index contributed by atoms with van der Waals surface area (Å²) in [6.45, 7) is 2.75. The van der Waals surface area contributed by atoms with E-state index in [0.29, 0.717) is 12.0 Å². The van der Waals surface area contributed by atoms with Crippen LogP contribution >= 0.6 is 0 Å². The maximum atomic E-state index is 5.34. The van der Waals surface area contributed by atoms with E-state index in [1.807, 2.05) is 0 Å². The third-order valence-corrected chi connectivity index (χ3v) is 3.65. The number of hydrogen-bond acceptors (Lipinski definition) is 5. The maximum absolute atomic E-state index is 5.34. The highest BCUT2D eigenvalue weighted by Crippen LogP contribution is 2.24. The van der Waals surface area contributed by atoms with E-state index < -0.39 is 0 Å². The van der Waals surface area contributed by atoms with E-state index in [4.69, 9.17) is 9.26 Å². The van der Waals surface area contributed by atoms with Crippen molar-refractivity contribution in [2.45, 2.75) is 44.1 Å². The first-order chi connectivity index (χ1) is 8.42. The van der Waals surface area contributed by atoms with Gasteiger partial charge in [-0.05, 0) is 32.2 Å². The second-order valence-electron chi connectivity index (χ2n) is 4.93. The zero-order valence-corrected chi connectivity index (χ0v) is 10.0. The quantitative estimate of drug-likeness (QED) is 0.857. The fraction of sp³-hybridized carbons (Fsp3) is 0.833. The van der Waals surface area contributed by atoms with E-state index in [1.54, 1.807) is 0 Å². The van der Waals surface area contributed by atoms with Crippen molar-refractivity contribution < 1.29 is 9.26 Å². The van der Waals surface area contributed by atoms with Crippen LogP contribution in [0.5, 0.6) is 0 Å². The van der Waals surface area contributed by atoms with Crippen LogP contribution in [-0.4, -0.2) is 35.9 Å². The van der Waals surface area contributed by atoms with Gasteiger partial charge in [-0.2, -0.15) is 4.98 Å². The number of aromatic nitrogens is 2. The van der Waals surface area contributed by atoms with Gasteiger partial charge in [0, 0.05) is 31.6 Å². The minimum Gasteiger partial charge on any atom is -0.381 e. The molecule has 0 aliphatic carbocycles. The second-order valence-corrected chi connectivity index (χ2v) is 4.93. The predicted molar refractivity (Wildman–Crippen MR) is 61.8 cm³/mol. The van der Waals surface area contributed by atoms with Crippen LogP contribution in [0, 0.1) is 0 Å². The normalized spacial score (nSPS) is 26.5. The Bertz CT molecular complexity index is 354. The summed E-state index contributed by atoms with van der Waals surface area (Å²) in [7, 11) is 0. The summed E-state index contributed by atoms with van der Waals surface area (Å²) < 4.78 is 10.7. The molecule has 0 bridgehead atoms. The average Bonchev–Trinajstić information content (AvgIpc) is 3.02. The van der Waals surface area contributed by atoms with Crippen LogP contribution in [0.3, 0.4) is 0 Å². The first-order valence-electron chi connectivity index (χ1n) is 6.55. The fourth-order valence-electron chi connectivity index (χ4n) is 2.61. The molecule has 1 N–H and O–H groups in total. The third kappa shape index (κ3) is 2.66. The molecular weight excluding hydrogens is 218 g/mol. The van der Waals surface area contributed by atoms with Gasteiger partial charge in [-0.1, -0.05) is 5.16 Å². The molecule has 5 nitrogen and oxygen atoms in total. The standard InChI is InChI=1S/C12H19N3O2/c1-2-10(13-5-1)8-11-14-12(15-17-11)9-3-6-16-7-4-9/h9-10,13H,1-8H2. The van der Waals surface area contributed by atoms with Crippen molar-refractivity contribution in [3.63, 3.8) is 0 Å². The van der Waals surface area contributed by atoms with Crippen molar-refractivity contribution in [1.29, 1.82) is 0 Å². The van der Waals surface area contributed by atoms with Crippen molar-refractivity contribution in [3.8, 4) is 0 Å². The molecule has 2 saturated heterocycles. The summed E-state index contributed by atoms with van der Waals surface area (Å²) in [5.74, 6) is 2.09. The summed E-state index contributed by atoms with van der Waals surface area (Å²) in [4.78, 5) is 4.52. The first kappa shape index (κ1) is 11.2. The van der Waals surface area contributed by atoms with Gasteiger partial charge in [-0.25, -0.2) is 0 Å². The monoisotopic (exact) mass is 237 g/mol. The minimum absolute atomic E-state index is 0.429. The van der Waals surface area contributed by atoms with Gasteiger partial charge < -0.3 is 14.6 Å². The van der Waals surface area contributed by atoms with Crippen LogP contribution in [0.2, 0.25) is 0 Å². The molecule has 0 radical (unpaired) electrons. The highest BCUT2D eigenvalue weighted by molar-refractivity contribution is 4.98. The zero-order chi connectivity index (χ0) is 11.5. The molecule has 94 valence electrons. The van der Waals surface area contributed by atoms with Gasteiger partial charge in [0.2, 0.25) is 5.89 Å². The SMILES string of the molecule is C1CNC(Cc2nc(C3CCOCC3)no2)C1. The van der Waals surface area contributed by atoms with E-state index in [9.17, 15) is 0 Å². The number of nitrogens with zero attached hydrogens (tertiary/aromatic N) is 2. The Balaban J connectivity index is 1.60. The van der Waals surface area contributed by atoms with E-state index in [2.05, 4.69) is 15.5 Å². The average molecular weight is 237 g/mol. The molecule has 3 rings (SSSR count). The van der Waals surface area contributed by atoms with Gasteiger partial charge in [0.05, 0.1) is 0 Å². The van der Waals surface area contributed by atoms with Crippen LogP contribution < -0.4 is 5.32 Å². The van der Waals surface area contributed by atoms with Crippen LogP contribution in [0.1, 0.15) is 43.3 Å². The summed E-state index contributed by atoms with van der Waals surface area (Å²) in [5.41, 5.74) is 0.